The minimum atomic E-state index is 0.137. The highest BCUT2D eigenvalue weighted by atomic mass is 16.5. The molecule has 4 nitrogen and oxygen atoms in total. The molecule has 0 unspecified atom stereocenters. The van der Waals surface area contributed by atoms with E-state index in [4.69, 9.17) is 4.74 Å². The average Bonchev–Trinajstić information content (AvgIpc) is 2.25. The molecule has 1 saturated heterocycles. The first kappa shape index (κ1) is 12.5. The summed E-state index contributed by atoms with van der Waals surface area (Å²) in [6.07, 6.45) is 2.25. The van der Waals surface area contributed by atoms with Crippen molar-refractivity contribution >= 4 is 5.91 Å². The highest BCUT2D eigenvalue weighted by Gasteiger charge is 2.19. The van der Waals surface area contributed by atoms with Crippen molar-refractivity contribution in [1.82, 2.24) is 10.2 Å². The molecule has 0 radical (unpaired) electrons. The van der Waals surface area contributed by atoms with E-state index in [1.54, 1.807) is 0 Å². The molecule has 0 atom stereocenters. The van der Waals surface area contributed by atoms with Crippen LogP contribution < -0.4 is 5.32 Å². The zero-order valence-electron chi connectivity index (χ0n) is 9.79. The smallest absolute Gasteiger partial charge is 0.248 e. The topological polar surface area (TPSA) is 41.6 Å². The number of likely N-dealkylation sites (N-methyl/N-ethyl adjacent to an activating group) is 1. The van der Waals surface area contributed by atoms with Gasteiger partial charge in [0, 0.05) is 19.6 Å². The van der Waals surface area contributed by atoms with Gasteiger partial charge in [0.1, 0.15) is 6.61 Å². The van der Waals surface area contributed by atoms with E-state index in [2.05, 4.69) is 12.2 Å². The molecule has 1 aliphatic heterocycles. The van der Waals surface area contributed by atoms with Crippen LogP contribution in [0, 0.1) is 5.92 Å². The Morgan fingerprint density at radius 3 is 2.73 bits per heavy atom. The fourth-order valence-electron chi connectivity index (χ4n) is 1.68. The van der Waals surface area contributed by atoms with Crippen molar-refractivity contribution < 1.29 is 9.53 Å². The molecule has 0 bridgehead atoms. The van der Waals surface area contributed by atoms with Crippen LogP contribution in [0.1, 0.15) is 19.8 Å². The summed E-state index contributed by atoms with van der Waals surface area (Å²) in [6.45, 7) is 5.67. The summed E-state index contributed by atoms with van der Waals surface area (Å²) >= 11 is 0. The Hall–Kier alpha value is -0.610. The van der Waals surface area contributed by atoms with Gasteiger partial charge < -0.3 is 15.0 Å². The normalized spacial score (nSPS) is 18.1. The van der Waals surface area contributed by atoms with E-state index in [1.807, 2.05) is 11.9 Å². The van der Waals surface area contributed by atoms with Gasteiger partial charge in [-0.05, 0) is 25.8 Å². The maximum atomic E-state index is 11.6. The number of rotatable bonds is 5. The molecule has 0 aromatic carbocycles. The van der Waals surface area contributed by atoms with Crippen LogP contribution in [0.15, 0.2) is 0 Å². The highest BCUT2D eigenvalue weighted by Crippen LogP contribution is 2.15. The van der Waals surface area contributed by atoms with E-state index in [1.165, 1.54) is 0 Å². The van der Waals surface area contributed by atoms with Crippen LogP contribution in [0.3, 0.4) is 0 Å². The third kappa shape index (κ3) is 4.62. The number of carbonyl (C=O) groups is 1. The first-order chi connectivity index (χ1) is 7.24. The third-order valence-electron chi connectivity index (χ3n) is 2.86. The summed E-state index contributed by atoms with van der Waals surface area (Å²) in [7, 11) is 1.87. The zero-order valence-corrected chi connectivity index (χ0v) is 9.79. The monoisotopic (exact) mass is 214 g/mol. The molecule has 15 heavy (non-hydrogen) atoms. The van der Waals surface area contributed by atoms with Gasteiger partial charge >= 0.3 is 0 Å². The van der Waals surface area contributed by atoms with E-state index in [0.717, 1.165) is 38.4 Å². The van der Waals surface area contributed by atoms with Gasteiger partial charge in [-0.2, -0.15) is 0 Å². The van der Waals surface area contributed by atoms with Crippen molar-refractivity contribution in [3.8, 4) is 0 Å². The Balaban J connectivity index is 2.11. The Kier molecular flexibility index (Phi) is 5.65. The van der Waals surface area contributed by atoms with Crippen LogP contribution >= 0.6 is 0 Å². The Bertz CT molecular complexity index is 189. The van der Waals surface area contributed by atoms with Crippen molar-refractivity contribution in [2.24, 2.45) is 5.92 Å². The SMILES string of the molecule is CNCCOCC(=O)N1CCC(C)CC1. The predicted octanol–water partition coefficient (Wildman–Crippen LogP) is 0.481. The van der Waals surface area contributed by atoms with E-state index < -0.39 is 0 Å². The van der Waals surface area contributed by atoms with Crippen LogP contribution in [0.2, 0.25) is 0 Å². The maximum absolute atomic E-state index is 11.6. The number of nitrogens with zero attached hydrogens (tertiary/aromatic N) is 1. The molecule has 1 fully saturated rings. The molecular weight excluding hydrogens is 192 g/mol. The molecule has 1 N–H and O–H groups in total. The average molecular weight is 214 g/mol. The van der Waals surface area contributed by atoms with Gasteiger partial charge in [-0.25, -0.2) is 0 Å². The molecule has 0 spiro atoms. The number of likely N-dealkylation sites (tertiary alicyclic amines) is 1. The van der Waals surface area contributed by atoms with Crippen molar-refractivity contribution in [1.29, 1.82) is 0 Å². The Morgan fingerprint density at radius 2 is 2.13 bits per heavy atom. The van der Waals surface area contributed by atoms with E-state index in [9.17, 15) is 4.79 Å². The molecule has 0 aliphatic carbocycles. The van der Waals surface area contributed by atoms with Crippen LogP contribution in [-0.2, 0) is 9.53 Å². The predicted molar refractivity (Wildman–Crippen MR) is 59.7 cm³/mol. The molecular formula is C11H22N2O2. The molecule has 4 heteroatoms. The molecule has 1 rings (SSSR count). The molecule has 1 aliphatic rings. The van der Waals surface area contributed by atoms with Crippen LogP contribution in [0.25, 0.3) is 0 Å². The number of carbonyl (C=O) groups excluding carboxylic acids is 1. The van der Waals surface area contributed by atoms with Crippen LogP contribution in [0.4, 0.5) is 0 Å². The van der Waals surface area contributed by atoms with Crippen molar-refractivity contribution in [2.75, 3.05) is 39.9 Å². The van der Waals surface area contributed by atoms with Gasteiger partial charge in [-0.3, -0.25) is 4.79 Å². The maximum Gasteiger partial charge on any atom is 0.248 e. The number of ether oxygens (including phenoxy) is 1. The first-order valence-corrected chi connectivity index (χ1v) is 5.74. The first-order valence-electron chi connectivity index (χ1n) is 5.74. The number of hydrogen-bond acceptors (Lipinski definition) is 3. The second-order valence-electron chi connectivity index (χ2n) is 4.22. The van der Waals surface area contributed by atoms with Gasteiger partial charge in [0.15, 0.2) is 0 Å². The lowest BCUT2D eigenvalue weighted by atomic mass is 9.99. The quantitative estimate of drug-likeness (QED) is 0.677. The van der Waals surface area contributed by atoms with Gasteiger partial charge in [-0.15, -0.1) is 0 Å². The lowest BCUT2D eigenvalue weighted by Crippen LogP contribution is -2.40. The van der Waals surface area contributed by atoms with Crippen LogP contribution in [0.5, 0.6) is 0 Å². The number of nitrogens with one attached hydrogen (secondary N) is 1. The highest BCUT2D eigenvalue weighted by molar-refractivity contribution is 5.77. The second kappa shape index (κ2) is 6.80. The van der Waals surface area contributed by atoms with Gasteiger partial charge in [0.05, 0.1) is 6.61 Å². The van der Waals surface area contributed by atoms with Gasteiger partial charge in [0.2, 0.25) is 5.91 Å². The fraction of sp³-hybridized carbons (Fsp3) is 0.909. The van der Waals surface area contributed by atoms with Crippen molar-refractivity contribution in [2.45, 2.75) is 19.8 Å². The molecule has 0 saturated carbocycles. The molecule has 0 aromatic rings. The summed E-state index contributed by atoms with van der Waals surface area (Å²) in [4.78, 5) is 13.6. The minimum absolute atomic E-state index is 0.137. The van der Waals surface area contributed by atoms with Crippen molar-refractivity contribution in [3.05, 3.63) is 0 Å². The molecule has 88 valence electrons. The number of amides is 1. The summed E-state index contributed by atoms with van der Waals surface area (Å²) < 4.78 is 5.26. The largest absolute Gasteiger partial charge is 0.370 e. The fourth-order valence-corrected chi connectivity index (χ4v) is 1.68. The van der Waals surface area contributed by atoms with E-state index in [-0.39, 0.29) is 12.5 Å². The minimum Gasteiger partial charge on any atom is -0.370 e. The number of piperidine rings is 1. The lowest BCUT2D eigenvalue weighted by molar-refractivity contribution is -0.137. The lowest BCUT2D eigenvalue weighted by Gasteiger charge is -2.30. The molecule has 1 heterocycles. The van der Waals surface area contributed by atoms with Crippen molar-refractivity contribution in [3.63, 3.8) is 0 Å². The molecule has 1 amide bonds. The van der Waals surface area contributed by atoms with Gasteiger partial charge in [0.25, 0.3) is 0 Å². The summed E-state index contributed by atoms with van der Waals surface area (Å²) in [5.74, 6) is 0.900. The molecule has 0 aromatic heterocycles. The Labute approximate surface area is 92.0 Å². The van der Waals surface area contributed by atoms with Gasteiger partial charge in [-0.1, -0.05) is 6.92 Å². The summed E-state index contributed by atoms with van der Waals surface area (Å²) in [6, 6.07) is 0. The zero-order chi connectivity index (χ0) is 11.1. The van der Waals surface area contributed by atoms with Crippen LogP contribution in [-0.4, -0.2) is 50.7 Å². The summed E-state index contributed by atoms with van der Waals surface area (Å²) in [5.41, 5.74) is 0. The van der Waals surface area contributed by atoms with E-state index >= 15 is 0 Å². The number of hydrogen-bond donors (Lipinski definition) is 1. The van der Waals surface area contributed by atoms with E-state index in [0.29, 0.717) is 6.61 Å². The standard InChI is InChI=1S/C11H22N2O2/c1-10-3-6-13(7-4-10)11(14)9-15-8-5-12-2/h10,12H,3-9H2,1-2H3. The third-order valence-corrected chi connectivity index (χ3v) is 2.86. The Morgan fingerprint density at radius 1 is 1.47 bits per heavy atom. The second-order valence-corrected chi connectivity index (χ2v) is 4.22. The summed E-state index contributed by atoms with van der Waals surface area (Å²) in [5, 5.41) is 2.98.